The Bertz CT molecular complexity index is 587. The minimum atomic E-state index is -0.0840. The van der Waals surface area contributed by atoms with Crippen LogP contribution in [-0.2, 0) is 0 Å². The SMILES string of the molecule is NC1NNCC1c1nc2cccnc2n1C1CC1. The van der Waals surface area contributed by atoms with Gasteiger partial charge in [0.15, 0.2) is 5.65 Å². The molecule has 94 valence electrons. The van der Waals surface area contributed by atoms with Crippen molar-refractivity contribution in [3.8, 4) is 0 Å². The van der Waals surface area contributed by atoms with Crippen molar-refractivity contribution in [1.29, 1.82) is 0 Å². The number of imidazole rings is 1. The van der Waals surface area contributed by atoms with Gasteiger partial charge in [-0.25, -0.2) is 15.4 Å². The lowest BCUT2D eigenvalue weighted by molar-refractivity contribution is 0.518. The van der Waals surface area contributed by atoms with Crippen LogP contribution in [0.2, 0.25) is 0 Å². The fraction of sp³-hybridized carbons (Fsp3) is 0.500. The number of pyridine rings is 1. The summed E-state index contributed by atoms with van der Waals surface area (Å²) >= 11 is 0. The van der Waals surface area contributed by atoms with Gasteiger partial charge in [0.1, 0.15) is 11.3 Å². The number of hydrogen-bond donors (Lipinski definition) is 3. The molecule has 0 spiro atoms. The molecule has 4 N–H and O–H groups in total. The highest BCUT2D eigenvalue weighted by Gasteiger charge is 2.35. The van der Waals surface area contributed by atoms with Crippen LogP contribution in [0.25, 0.3) is 11.2 Å². The molecule has 0 aromatic carbocycles. The maximum Gasteiger partial charge on any atom is 0.160 e. The molecule has 6 nitrogen and oxygen atoms in total. The predicted octanol–water partition coefficient (Wildman–Crippen LogP) is 0.242. The average Bonchev–Trinajstić information content (AvgIpc) is 3.01. The monoisotopic (exact) mass is 244 g/mol. The van der Waals surface area contributed by atoms with E-state index in [0.29, 0.717) is 6.04 Å². The number of hydrogen-bond acceptors (Lipinski definition) is 5. The van der Waals surface area contributed by atoms with E-state index in [-0.39, 0.29) is 12.1 Å². The summed E-state index contributed by atoms with van der Waals surface area (Å²) in [5.74, 6) is 1.27. The number of rotatable bonds is 2. The summed E-state index contributed by atoms with van der Waals surface area (Å²) < 4.78 is 2.29. The average molecular weight is 244 g/mol. The topological polar surface area (TPSA) is 80.8 Å². The number of hydrazine groups is 1. The molecule has 2 aromatic rings. The van der Waals surface area contributed by atoms with Crippen molar-refractivity contribution in [2.75, 3.05) is 6.54 Å². The van der Waals surface area contributed by atoms with Gasteiger partial charge in [-0.15, -0.1) is 0 Å². The van der Waals surface area contributed by atoms with Crippen molar-refractivity contribution in [2.24, 2.45) is 5.73 Å². The zero-order chi connectivity index (χ0) is 12.1. The van der Waals surface area contributed by atoms with Crippen LogP contribution in [0.1, 0.15) is 30.6 Å². The summed E-state index contributed by atoms with van der Waals surface area (Å²) in [4.78, 5) is 9.23. The molecule has 1 aliphatic heterocycles. The molecule has 2 aliphatic rings. The maximum atomic E-state index is 6.07. The highest BCUT2D eigenvalue weighted by molar-refractivity contribution is 5.71. The molecule has 0 bridgehead atoms. The van der Waals surface area contributed by atoms with Crippen molar-refractivity contribution in [3.05, 3.63) is 24.2 Å². The quantitative estimate of drug-likeness (QED) is 0.705. The largest absolute Gasteiger partial charge is 0.314 e. The Kier molecular flexibility index (Phi) is 2.17. The zero-order valence-corrected chi connectivity index (χ0v) is 10.0. The van der Waals surface area contributed by atoms with Gasteiger partial charge in [0, 0.05) is 18.8 Å². The molecule has 18 heavy (non-hydrogen) atoms. The standard InChI is InChI=1S/C12H16N6/c13-10-8(6-15-17-10)11-16-9-2-1-5-14-12(9)18(11)7-3-4-7/h1-2,5,7-8,10,15,17H,3-4,6,13H2. The minimum absolute atomic E-state index is 0.0840. The molecule has 1 saturated carbocycles. The van der Waals surface area contributed by atoms with Crippen LogP contribution in [0.3, 0.4) is 0 Å². The van der Waals surface area contributed by atoms with Crippen molar-refractivity contribution in [1.82, 2.24) is 25.4 Å². The van der Waals surface area contributed by atoms with E-state index in [0.717, 1.165) is 23.5 Å². The third-order valence-corrected chi connectivity index (χ3v) is 3.74. The Morgan fingerprint density at radius 2 is 2.28 bits per heavy atom. The number of nitrogens with two attached hydrogens (primary N) is 1. The Balaban J connectivity index is 1.90. The smallest absolute Gasteiger partial charge is 0.160 e. The van der Waals surface area contributed by atoms with Crippen LogP contribution in [0, 0.1) is 0 Å². The first-order valence-electron chi connectivity index (χ1n) is 6.41. The lowest BCUT2D eigenvalue weighted by atomic mass is 10.1. The minimum Gasteiger partial charge on any atom is -0.314 e. The fourth-order valence-electron chi connectivity index (χ4n) is 2.67. The van der Waals surface area contributed by atoms with Crippen molar-refractivity contribution in [3.63, 3.8) is 0 Å². The molecule has 2 aromatic heterocycles. The second-order valence-electron chi connectivity index (χ2n) is 5.07. The molecule has 1 aliphatic carbocycles. The number of nitrogens with zero attached hydrogens (tertiary/aromatic N) is 3. The first-order valence-corrected chi connectivity index (χ1v) is 6.41. The first kappa shape index (κ1) is 10.4. The van der Waals surface area contributed by atoms with E-state index in [9.17, 15) is 0 Å². The van der Waals surface area contributed by atoms with Gasteiger partial charge in [-0.3, -0.25) is 5.43 Å². The van der Waals surface area contributed by atoms with Gasteiger partial charge < -0.3 is 10.3 Å². The molecule has 6 heteroatoms. The highest BCUT2D eigenvalue weighted by atomic mass is 15.4. The summed E-state index contributed by atoms with van der Waals surface area (Å²) in [6, 6.07) is 4.51. The fourth-order valence-corrected chi connectivity index (χ4v) is 2.67. The summed E-state index contributed by atoms with van der Waals surface area (Å²) in [6.45, 7) is 0.817. The summed E-state index contributed by atoms with van der Waals surface area (Å²) in [5.41, 5.74) is 14.2. The van der Waals surface area contributed by atoms with E-state index in [4.69, 9.17) is 10.7 Å². The van der Waals surface area contributed by atoms with Crippen LogP contribution in [0.4, 0.5) is 0 Å². The molecule has 2 atom stereocenters. The third kappa shape index (κ3) is 1.46. The van der Waals surface area contributed by atoms with E-state index >= 15 is 0 Å². The normalized spacial score (nSPS) is 28.1. The van der Waals surface area contributed by atoms with Crippen LogP contribution in [0.15, 0.2) is 18.3 Å². The zero-order valence-electron chi connectivity index (χ0n) is 10.0. The summed E-state index contributed by atoms with van der Waals surface area (Å²) in [7, 11) is 0. The molecule has 0 amide bonds. The van der Waals surface area contributed by atoms with Gasteiger partial charge in [0.2, 0.25) is 0 Å². The Hall–Kier alpha value is -1.50. The van der Waals surface area contributed by atoms with Crippen LogP contribution >= 0.6 is 0 Å². The molecule has 4 rings (SSSR count). The van der Waals surface area contributed by atoms with Crippen molar-refractivity contribution in [2.45, 2.75) is 31.0 Å². The lowest BCUT2D eigenvalue weighted by Gasteiger charge is -2.15. The molecular formula is C12H16N6. The molecule has 0 radical (unpaired) electrons. The van der Waals surface area contributed by atoms with E-state index < -0.39 is 0 Å². The number of fused-ring (bicyclic) bond motifs is 1. The number of nitrogens with one attached hydrogen (secondary N) is 2. The van der Waals surface area contributed by atoms with Crippen LogP contribution in [0.5, 0.6) is 0 Å². The molecular weight excluding hydrogens is 228 g/mol. The van der Waals surface area contributed by atoms with Crippen LogP contribution < -0.4 is 16.6 Å². The summed E-state index contributed by atoms with van der Waals surface area (Å²) in [5, 5.41) is 0. The van der Waals surface area contributed by atoms with Crippen molar-refractivity contribution >= 4 is 11.2 Å². The Labute approximate surface area is 105 Å². The third-order valence-electron chi connectivity index (χ3n) is 3.74. The Morgan fingerprint density at radius 3 is 3.00 bits per heavy atom. The molecule has 3 heterocycles. The van der Waals surface area contributed by atoms with Crippen LogP contribution in [-0.4, -0.2) is 27.2 Å². The summed E-state index contributed by atoms with van der Waals surface area (Å²) in [6.07, 6.45) is 4.19. The molecule has 1 saturated heterocycles. The first-order chi connectivity index (χ1) is 8.84. The lowest BCUT2D eigenvalue weighted by Crippen LogP contribution is -2.39. The van der Waals surface area contributed by atoms with Gasteiger partial charge in [-0.1, -0.05) is 0 Å². The van der Waals surface area contributed by atoms with Gasteiger partial charge in [-0.05, 0) is 25.0 Å². The van der Waals surface area contributed by atoms with Gasteiger partial charge >= 0.3 is 0 Å². The molecule has 2 fully saturated rings. The van der Waals surface area contributed by atoms with Gasteiger partial charge in [0.25, 0.3) is 0 Å². The molecule has 2 unspecified atom stereocenters. The highest BCUT2D eigenvalue weighted by Crippen LogP contribution is 2.40. The second kappa shape index (κ2) is 3.74. The second-order valence-corrected chi connectivity index (χ2v) is 5.07. The van der Waals surface area contributed by atoms with Gasteiger partial charge in [-0.2, -0.15) is 0 Å². The Morgan fingerprint density at radius 1 is 1.39 bits per heavy atom. The predicted molar refractivity (Wildman–Crippen MR) is 67.7 cm³/mol. The van der Waals surface area contributed by atoms with Crippen molar-refractivity contribution < 1.29 is 0 Å². The maximum absolute atomic E-state index is 6.07. The number of aromatic nitrogens is 3. The van der Waals surface area contributed by atoms with Gasteiger partial charge in [0.05, 0.1) is 12.1 Å². The van der Waals surface area contributed by atoms with E-state index in [2.05, 4.69) is 20.4 Å². The van der Waals surface area contributed by atoms with E-state index in [1.54, 1.807) is 0 Å². The van der Waals surface area contributed by atoms with E-state index in [1.165, 1.54) is 12.8 Å². The van der Waals surface area contributed by atoms with E-state index in [1.807, 2.05) is 18.3 Å².